The lowest BCUT2D eigenvalue weighted by molar-refractivity contribution is 0.155. The Bertz CT molecular complexity index is 422. The van der Waals surface area contributed by atoms with Crippen LogP contribution in [0, 0.1) is 17.6 Å². The summed E-state index contributed by atoms with van der Waals surface area (Å²) in [5, 5.41) is 13.0. The number of hydrogen-bond donors (Lipinski definition) is 2. The van der Waals surface area contributed by atoms with E-state index in [0.717, 1.165) is 38.2 Å². The molecule has 2 rings (SSSR count). The molecule has 2 N–H and O–H groups in total. The molecule has 1 heterocycles. The Morgan fingerprint density at radius 1 is 1.40 bits per heavy atom. The molecule has 0 amide bonds. The molecule has 1 aromatic carbocycles. The van der Waals surface area contributed by atoms with Gasteiger partial charge in [0.2, 0.25) is 0 Å². The van der Waals surface area contributed by atoms with Gasteiger partial charge in [0.25, 0.3) is 0 Å². The van der Waals surface area contributed by atoms with Gasteiger partial charge in [0.05, 0.1) is 11.7 Å². The molecule has 0 spiro atoms. The molecular formula is C15H22F2N2O. The molecule has 1 aromatic rings. The lowest BCUT2D eigenvalue weighted by atomic mass is 9.98. The number of likely N-dealkylation sites (tertiary alicyclic amines) is 1. The van der Waals surface area contributed by atoms with E-state index in [4.69, 9.17) is 0 Å². The van der Waals surface area contributed by atoms with Gasteiger partial charge in [0.15, 0.2) is 0 Å². The van der Waals surface area contributed by atoms with Gasteiger partial charge in [-0.1, -0.05) is 6.07 Å². The smallest absolute Gasteiger partial charge is 0.131 e. The first-order valence-electron chi connectivity index (χ1n) is 7.09. The van der Waals surface area contributed by atoms with Crippen molar-refractivity contribution >= 4 is 0 Å². The first-order chi connectivity index (χ1) is 9.58. The van der Waals surface area contributed by atoms with E-state index in [-0.39, 0.29) is 12.1 Å². The average molecular weight is 284 g/mol. The topological polar surface area (TPSA) is 35.5 Å². The Labute approximate surface area is 118 Å². The van der Waals surface area contributed by atoms with Crippen molar-refractivity contribution in [3.63, 3.8) is 0 Å². The van der Waals surface area contributed by atoms with Crippen LogP contribution < -0.4 is 5.32 Å². The normalized spacial score (nSPS) is 21.9. The molecule has 1 aliphatic rings. The molecule has 2 atom stereocenters. The molecule has 0 radical (unpaired) electrons. The zero-order valence-electron chi connectivity index (χ0n) is 11.8. The van der Waals surface area contributed by atoms with Crippen LogP contribution in [0.3, 0.4) is 0 Å². The van der Waals surface area contributed by atoms with Crippen molar-refractivity contribution in [2.45, 2.75) is 18.9 Å². The maximum absolute atomic E-state index is 13.5. The van der Waals surface area contributed by atoms with E-state index in [2.05, 4.69) is 17.3 Å². The standard InChI is InChI=1S/C15H22F2N2O/c1-19-7-3-4-11(10-19)8-18-9-14(20)15-12(16)5-2-6-13(15)17/h2,5-6,11,14,18,20H,3-4,7-10H2,1H3. The van der Waals surface area contributed by atoms with Gasteiger partial charge >= 0.3 is 0 Å². The number of piperidine rings is 1. The summed E-state index contributed by atoms with van der Waals surface area (Å²) in [6.07, 6.45) is 1.17. The fraction of sp³-hybridized carbons (Fsp3) is 0.600. The van der Waals surface area contributed by atoms with Crippen molar-refractivity contribution in [1.29, 1.82) is 0 Å². The second kappa shape index (κ2) is 7.11. The van der Waals surface area contributed by atoms with Gasteiger partial charge in [0, 0.05) is 13.1 Å². The molecule has 0 saturated carbocycles. The van der Waals surface area contributed by atoms with Crippen LogP contribution in [0.5, 0.6) is 0 Å². The Morgan fingerprint density at radius 3 is 2.75 bits per heavy atom. The van der Waals surface area contributed by atoms with E-state index in [1.165, 1.54) is 12.5 Å². The molecule has 1 aliphatic heterocycles. The third-order valence-corrected chi connectivity index (χ3v) is 3.83. The third-order valence-electron chi connectivity index (χ3n) is 3.83. The molecule has 2 unspecified atom stereocenters. The number of rotatable bonds is 5. The summed E-state index contributed by atoms with van der Waals surface area (Å²) in [5.41, 5.74) is -0.249. The molecule has 0 aromatic heterocycles. The average Bonchev–Trinajstić information content (AvgIpc) is 2.38. The van der Waals surface area contributed by atoms with E-state index in [1.54, 1.807) is 0 Å². The van der Waals surface area contributed by atoms with Gasteiger partial charge in [0.1, 0.15) is 11.6 Å². The van der Waals surface area contributed by atoms with Crippen molar-refractivity contribution in [2.24, 2.45) is 5.92 Å². The minimum atomic E-state index is -1.16. The first-order valence-corrected chi connectivity index (χ1v) is 7.09. The fourth-order valence-corrected chi connectivity index (χ4v) is 2.80. The molecule has 1 fully saturated rings. The van der Waals surface area contributed by atoms with E-state index in [9.17, 15) is 13.9 Å². The molecule has 5 heteroatoms. The van der Waals surface area contributed by atoms with E-state index in [0.29, 0.717) is 5.92 Å². The lowest BCUT2D eigenvalue weighted by Gasteiger charge is -2.30. The predicted molar refractivity (Wildman–Crippen MR) is 74.4 cm³/mol. The van der Waals surface area contributed by atoms with Crippen LogP contribution in [0.4, 0.5) is 8.78 Å². The van der Waals surface area contributed by atoms with Crippen LogP contribution >= 0.6 is 0 Å². The zero-order valence-corrected chi connectivity index (χ0v) is 11.8. The van der Waals surface area contributed by atoms with Crippen LogP contribution in [0.25, 0.3) is 0 Å². The van der Waals surface area contributed by atoms with E-state index < -0.39 is 17.7 Å². The summed E-state index contributed by atoms with van der Waals surface area (Å²) < 4.78 is 27.0. The lowest BCUT2D eigenvalue weighted by Crippen LogP contribution is -2.38. The third kappa shape index (κ3) is 3.98. The Balaban J connectivity index is 1.82. The fourth-order valence-electron chi connectivity index (χ4n) is 2.80. The van der Waals surface area contributed by atoms with E-state index in [1.807, 2.05) is 0 Å². The summed E-state index contributed by atoms with van der Waals surface area (Å²) in [6.45, 7) is 3.08. The van der Waals surface area contributed by atoms with Crippen LogP contribution in [0.2, 0.25) is 0 Å². The van der Waals surface area contributed by atoms with Gasteiger partial charge in [-0.25, -0.2) is 8.78 Å². The Hall–Kier alpha value is -1.04. The summed E-state index contributed by atoms with van der Waals surface area (Å²) >= 11 is 0. The van der Waals surface area contributed by atoms with Crippen LogP contribution in [0.15, 0.2) is 18.2 Å². The zero-order chi connectivity index (χ0) is 14.5. The molecule has 1 saturated heterocycles. The Kier molecular flexibility index (Phi) is 5.46. The van der Waals surface area contributed by atoms with Gasteiger partial charge in [-0.3, -0.25) is 0 Å². The van der Waals surface area contributed by atoms with Crippen LogP contribution in [-0.4, -0.2) is 43.2 Å². The minimum absolute atomic E-state index is 0.165. The highest BCUT2D eigenvalue weighted by atomic mass is 19.1. The monoisotopic (exact) mass is 284 g/mol. The van der Waals surface area contributed by atoms with Crippen molar-refractivity contribution < 1.29 is 13.9 Å². The van der Waals surface area contributed by atoms with E-state index >= 15 is 0 Å². The number of nitrogens with one attached hydrogen (secondary N) is 1. The predicted octanol–water partition coefficient (Wildman–Crippen LogP) is 1.93. The van der Waals surface area contributed by atoms with Crippen molar-refractivity contribution in [3.8, 4) is 0 Å². The Morgan fingerprint density at radius 2 is 2.10 bits per heavy atom. The summed E-state index contributed by atoms with van der Waals surface area (Å²) in [5.74, 6) is -0.861. The van der Waals surface area contributed by atoms with Crippen LogP contribution in [0.1, 0.15) is 24.5 Å². The first kappa shape index (κ1) is 15.4. The second-order valence-corrected chi connectivity index (χ2v) is 5.58. The molecule has 112 valence electrons. The molecule has 0 bridgehead atoms. The SMILES string of the molecule is CN1CCCC(CNCC(O)c2c(F)cccc2F)C1. The molecule has 0 aliphatic carbocycles. The number of benzene rings is 1. The number of halogens is 2. The van der Waals surface area contributed by atoms with Crippen molar-refractivity contribution in [1.82, 2.24) is 10.2 Å². The summed E-state index contributed by atoms with van der Waals surface area (Å²) in [4.78, 5) is 2.28. The highest BCUT2D eigenvalue weighted by molar-refractivity contribution is 5.22. The molecule has 20 heavy (non-hydrogen) atoms. The van der Waals surface area contributed by atoms with Gasteiger partial charge in [-0.15, -0.1) is 0 Å². The summed E-state index contributed by atoms with van der Waals surface area (Å²) in [6, 6.07) is 3.63. The number of aliphatic hydroxyl groups is 1. The van der Waals surface area contributed by atoms with Gasteiger partial charge in [-0.05, 0) is 51.0 Å². The van der Waals surface area contributed by atoms with Crippen molar-refractivity contribution in [3.05, 3.63) is 35.4 Å². The van der Waals surface area contributed by atoms with Gasteiger partial charge in [-0.2, -0.15) is 0 Å². The highest BCUT2D eigenvalue weighted by Crippen LogP contribution is 2.20. The quantitative estimate of drug-likeness (QED) is 0.867. The van der Waals surface area contributed by atoms with Crippen LogP contribution in [-0.2, 0) is 0 Å². The maximum atomic E-state index is 13.5. The maximum Gasteiger partial charge on any atom is 0.131 e. The molecular weight excluding hydrogens is 262 g/mol. The number of nitrogens with zero attached hydrogens (tertiary/aromatic N) is 1. The van der Waals surface area contributed by atoms with Gasteiger partial charge < -0.3 is 15.3 Å². The highest BCUT2D eigenvalue weighted by Gasteiger charge is 2.19. The largest absolute Gasteiger partial charge is 0.387 e. The van der Waals surface area contributed by atoms with Crippen molar-refractivity contribution in [2.75, 3.05) is 33.2 Å². The number of aliphatic hydroxyl groups excluding tert-OH is 1. The minimum Gasteiger partial charge on any atom is -0.387 e. The molecule has 3 nitrogen and oxygen atoms in total. The second-order valence-electron chi connectivity index (χ2n) is 5.58. The number of hydrogen-bond acceptors (Lipinski definition) is 3. The summed E-state index contributed by atoms with van der Waals surface area (Å²) in [7, 11) is 2.09.